The van der Waals surface area contributed by atoms with Gasteiger partial charge in [0.15, 0.2) is 0 Å². The maximum absolute atomic E-state index is 12.3. The second kappa shape index (κ2) is 8.53. The fraction of sp³-hybridized carbons (Fsp3) is 0.533. The first-order valence-corrected chi connectivity index (χ1v) is 8.20. The largest absolute Gasteiger partial charge is 0.480 e. The van der Waals surface area contributed by atoms with Gasteiger partial charge in [-0.2, -0.15) is 0 Å². The van der Waals surface area contributed by atoms with Crippen LogP contribution in [0.25, 0.3) is 0 Å². The summed E-state index contributed by atoms with van der Waals surface area (Å²) in [6.45, 7) is 5.54. The van der Waals surface area contributed by atoms with Crippen LogP contribution < -0.4 is 10.6 Å². The van der Waals surface area contributed by atoms with Crippen molar-refractivity contribution in [2.45, 2.75) is 52.5 Å². The molecule has 122 valence electrons. The standard InChI is InChI=1S/C15H22N2O4S/c1-4-7-12(18)17-14-10(8-9(5-2)22-14)13(19)16-11(6-3)15(20)21/h8,11H,4-7H2,1-3H3,(H,16,19)(H,17,18)(H,20,21). The van der Waals surface area contributed by atoms with E-state index >= 15 is 0 Å². The van der Waals surface area contributed by atoms with Crippen molar-refractivity contribution in [1.82, 2.24) is 5.32 Å². The molecule has 0 spiro atoms. The van der Waals surface area contributed by atoms with Gasteiger partial charge in [0.25, 0.3) is 5.91 Å². The molecule has 1 atom stereocenters. The molecule has 0 radical (unpaired) electrons. The van der Waals surface area contributed by atoms with Gasteiger partial charge in [0.1, 0.15) is 11.0 Å². The Hall–Kier alpha value is -1.89. The summed E-state index contributed by atoms with van der Waals surface area (Å²) in [5.74, 6) is -1.69. The number of anilines is 1. The van der Waals surface area contributed by atoms with Gasteiger partial charge in [0.2, 0.25) is 5.91 Å². The number of amides is 2. The number of hydrogen-bond donors (Lipinski definition) is 3. The molecule has 0 saturated carbocycles. The Labute approximate surface area is 133 Å². The Morgan fingerprint density at radius 2 is 1.95 bits per heavy atom. The number of hydrogen-bond acceptors (Lipinski definition) is 4. The summed E-state index contributed by atoms with van der Waals surface area (Å²) in [5, 5.41) is 14.7. The number of aliphatic carboxylic acids is 1. The SMILES string of the molecule is CCCC(=O)Nc1sc(CC)cc1C(=O)NC(CC)C(=O)O. The van der Waals surface area contributed by atoms with Crippen molar-refractivity contribution in [1.29, 1.82) is 0 Å². The number of thiophene rings is 1. The molecule has 7 heteroatoms. The van der Waals surface area contributed by atoms with Gasteiger partial charge in [-0.25, -0.2) is 4.79 Å². The molecule has 22 heavy (non-hydrogen) atoms. The minimum Gasteiger partial charge on any atom is -0.480 e. The van der Waals surface area contributed by atoms with Crippen LogP contribution in [0.3, 0.4) is 0 Å². The monoisotopic (exact) mass is 326 g/mol. The zero-order valence-corrected chi connectivity index (χ0v) is 13.9. The number of carboxylic acids is 1. The first-order valence-electron chi connectivity index (χ1n) is 7.39. The maximum atomic E-state index is 12.3. The third kappa shape index (κ3) is 4.84. The van der Waals surface area contributed by atoms with Gasteiger partial charge in [0, 0.05) is 11.3 Å². The van der Waals surface area contributed by atoms with E-state index in [0.29, 0.717) is 23.4 Å². The van der Waals surface area contributed by atoms with Crippen LogP contribution in [0.5, 0.6) is 0 Å². The van der Waals surface area contributed by atoms with Gasteiger partial charge < -0.3 is 15.7 Å². The van der Waals surface area contributed by atoms with Crippen LogP contribution in [-0.2, 0) is 16.0 Å². The molecular weight excluding hydrogens is 304 g/mol. The summed E-state index contributed by atoms with van der Waals surface area (Å²) in [5.41, 5.74) is 0.325. The Balaban J connectivity index is 2.96. The lowest BCUT2D eigenvalue weighted by atomic mass is 10.2. The number of carboxylic acid groups (broad SMARTS) is 1. The van der Waals surface area contributed by atoms with Crippen LogP contribution in [0, 0.1) is 0 Å². The van der Waals surface area contributed by atoms with E-state index in [1.54, 1.807) is 13.0 Å². The molecule has 3 N–H and O–H groups in total. The van der Waals surface area contributed by atoms with Crippen LogP contribution in [0.15, 0.2) is 6.07 Å². The predicted molar refractivity (Wildman–Crippen MR) is 86.4 cm³/mol. The summed E-state index contributed by atoms with van der Waals surface area (Å²) < 4.78 is 0. The van der Waals surface area contributed by atoms with E-state index in [1.807, 2.05) is 13.8 Å². The lowest BCUT2D eigenvalue weighted by Gasteiger charge is -2.12. The fourth-order valence-corrected chi connectivity index (χ4v) is 2.88. The second-order valence-corrected chi connectivity index (χ2v) is 6.02. The van der Waals surface area contributed by atoms with Gasteiger partial charge in [-0.05, 0) is 25.3 Å². The first-order chi connectivity index (χ1) is 10.4. The maximum Gasteiger partial charge on any atom is 0.326 e. The highest BCUT2D eigenvalue weighted by atomic mass is 32.1. The summed E-state index contributed by atoms with van der Waals surface area (Å²) in [4.78, 5) is 36.0. The third-order valence-electron chi connectivity index (χ3n) is 3.12. The third-order valence-corrected chi connectivity index (χ3v) is 4.31. The smallest absolute Gasteiger partial charge is 0.326 e. The Kier molecular flexibility index (Phi) is 7.04. The van der Waals surface area contributed by atoms with E-state index in [2.05, 4.69) is 10.6 Å². The average molecular weight is 326 g/mol. The number of rotatable bonds is 8. The van der Waals surface area contributed by atoms with Crippen LogP contribution >= 0.6 is 11.3 Å². The highest BCUT2D eigenvalue weighted by molar-refractivity contribution is 7.16. The van der Waals surface area contributed by atoms with Gasteiger partial charge in [-0.3, -0.25) is 9.59 Å². The second-order valence-electron chi connectivity index (χ2n) is 4.88. The van der Waals surface area contributed by atoms with E-state index in [0.717, 1.165) is 17.7 Å². The molecule has 1 aromatic heterocycles. The molecule has 6 nitrogen and oxygen atoms in total. The highest BCUT2D eigenvalue weighted by Gasteiger charge is 2.22. The van der Waals surface area contributed by atoms with Crippen molar-refractivity contribution in [3.63, 3.8) is 0 Å². The Bertz CT molecular complexity index is 554. The average Bonchev–Trinajstić information content (AvgIpc) is 2.87. The van der Waals surface area contributed by atoms with Crippen LogP contribution in [-0.4, -0.2) is 28.9 Å². The molecule has 0 aliphatic heterocycles. The van der Waals surface area contributed by atoms with Crippen molar-refractivity contribution in [3.8, 4) is 0 Å². The number of aryl methyl sites for hydroxylation is 1. The molecule has 0 bridgehead atoms. The van der Waals surface area contributed by atoms with E-state index < -0.39 is 17.9 Å². The fourth-order valence-electron chi connectivity index (χ4n) is 1.87. The molecule has 0 fully saturated rings. The zero-order chi connectivity index (χ0) is 16.7. The van der Waals surface area contributed by atoms with Gasteiger partial charge in [0.05, 0.1) is 5.56 Å². The number of carbonyl (C=O) groups is 3. The quantitative estimate of drug-likeness (QED) is 0.684. The van der Waals surface area contributed by atoms with Crippen molar-refractivity contribution >= 4 is 34.1 Å². The molecule has 0 aliphatic carbocycles. The Morgan fingerprint density at radius 3 is 2.45 bits per heavy atom. The molecule has 0 aliphatic rings. The van der Waals surface area contributed by atoms with Crippen molar-refractivity contribution in [2.75, 3.05) is 5.32 Å². The lowest BCUT2D eigenvalue weighted by Crippen LogP contribution is -2.40. The van der Waals surface area contributed by atoms with E-state index in [1.165, 1.54) is 11.3 Å². The molecule has 2 amide bonds. The van der Waals surface area contributed by atoms with Gasteiger partial charge >= 0.3 is 5.97 Å². The van der Waals surface area contributed by atoms with E-state index in [4.69, 9.17) is 5.11 Å². The molecule has 0 saturated heterocycles. The van der Waals surface area contributed by atoms with Crippen molar-refractivity contribution < 1.29 is 19.5 Å². The summed E-state index contributed by atoms with van der Waals surface area (Å²) >= 11 is 1.34. The van der Waals surface area contributed by atoms with Crippen molar-refractivity contribution in [3.05, 3.63) is 16.5 Å². The summed E-state index contributed by atoms with van der Waals surface area (Å²) in [6, 6.07) is 0.771. The molecule has 1 aromatic rings. The summed E-state index contributed by atoms with van der Waals surface area (Å²) in [7, 11) is 0. The normalized spacial score (nSPS) is 11.8. The van der Waals surface area contributed by atoms with Crippen LogP contribution in [0.1, 0.15) is 55.3 Å². The molecule has 1 unspecified atom stereocenters. The topological polar surface area (TPSA) is 95.5 Å². The molecule has 0 aromatic carbocycles. The number of carbonyl (C=O) groups excluding carboxylic acids is 2. The van der Waals surface area contributed by atoms with E-state index in [9.17, 15) is 14.4 Å². The minimum atomic E-state index is -1.07. The predicted octanol–water partition coefficient (Wildman–Crippen LogP) is 2.64. The highest BCUT2D eigenvalue weighted by Crippen LogP contribution is 2.29. The van der Waals surface area contributed by atoms with Crippen LogP contribution in [0.4, 0.5) is 5.00 Å². The van der Waals surface area contributed by atoms with E-state index in [-0.39, 0.29) is 5.91 Å². The Morgan fingerprint density at radius 1 is 1.27 bits per heavy atom. The lowest BCUT2D eigenvalue weighted by molar-refractivity contribution is -0.139. The van der Waals surface area contributed by atoms with Gasteiger partial charge in [-0.15, -0.1) is 11.3 Å². The molecular formula is C15H22N2O4S. The van der Waals surface area contributed by atoms with Gasteiger partial charge in [-0.1, -0.05) is 20.8 Å². The zero-order valence-electron chi connectivity index (χ0n) is 13.1. The molecule has 1 heterocycles. The number of nitrogens with one attached hydrogen (secondary N) is 2. The van der Waals surface area contributed by atoms with Crippen molar-refractivity contribution in [2.24, 2.45) is 0 Å². The summed E-state index contributed by atoms with van der Waals surface area (Å²) in [6.07, 6.45) is 2.14. The first kappa shape index (κ1) is 18.2. The minimum absolute atomic E-state index is 0.147. The van der Waals surface area contributed by atoms with Crippen LogP contribution in [0.2, 0.25) is 0 Å². The molecule has 1 rings (SSSR count).